The van der Waals surface area contributed by atoms with Crippen LogP contribution in [0.4, 0.5) is 0 Å². The van der Waals surface area contributed by atoms with Crippen molar-refractivity contribution in [2.24, 2.45) is 5.73 Å². The van der Waals surface area contributed by atoms with Crippen LogP contribution in [-0.2, 0) is 12.0 Å². The molecule has 0 aliphatic carbocycles. The van der Waals surface area contributed by atoms with E-state index in [0.29, 0.717) is 0 Å². The molecule has 0 amide bonds. The zero-order chi connectivity index (χ0) is 17.7. The van der Waals surface area contributed by atoms with Gasteiger partial charge in [-0.3, -0.25) is 0 Å². The second-order valence-electron chi connectivity index (χ2n) is 8.02. The molecule has 0 aliphatic rings. The maximum absolute atomic E-state index is 6.29. The predicted molar refractivity (Wildman–Crippen MR) is 112 cm³/mol. The van der Waals surface area contributed by atoms with Gasteiger partial charge in [0.05, 0.1) is 0 Å². The third kappa shape index (κ3) is 11.4. The Morgan fingerprint density at radius 1 is 0.720 bits per heavy atom. The average Bonchev–Trinajstić information content (AvgIpc) is 2.55. The molecule has 1 aromatic rings. The number of hydrogen-bond donors (Lipinski definition) is 1. The maximum atomic E-state index is 6.29. The molecule has 0 fully saturated rings. The number of rotatable bonds is 14. The summed E-state index contributed by atoms with van der Waals surface area (Å²) in [5.41, 5.74) is 8.82. The monoisotopic (exact) mass is 349 g/mol. The quantitative estimate of drug-likeness (QED) is 0.394. The van der Waals surface area contributed by atoms with E-state index in [1.807, 2.05) is 0 Å². The van der Waals surface area contributed by atoms with Crippen molar-refractivity contribution in [3.63, 3.8) is 0 Å². The zero-order valence-electron chi connectivity index (χ0n) is 17.1. The Balaban J connectivity index is 0.00000576. The molecule has 0 atom stereocenters. The highest BCUT2D eigenvalue weighted by Gasteiger charge is 2.17. The van der Waals surface area contributed by atoms with Gasteiger partial charge in [-0.05, 0) is 37.8 Å². The summed E-state index contributed by atoms with van der Waals surface area (Å²) in [6, 6.07) is 8.69. The third-order valence-electron chi connectivity index (χ3n) is 5.01. The number of aryl methyl sites for hydroxylation is 1. The molecule has 1 aromatic carbocycles. The molecule has 4 N–H and O–H groups in total. The van der Waals surface area contributed by atoms with Crippen molar-refractivity contribution in [1.82, 2.24) is 0 Å². The van der Waals surface area contributed by atoms with Gasteiger partial charge in [0.1, 0.15) is 0 Å². The van der Waals surface area contributed by atoms with Crippen molar-refractivity contribution < 1.29 is 5.48 Å². The summed E-state index contributed by atoms with van der Waals surface area (Å²) in [7, 11) is 0. The largest absolute Gasteiger partial charge is 0.412 e. The topological polar surface area (TPSA) is 57.5 Å². The van der Waals surface area contributed by atoms with Crippen molar-refractivity contribution >= 4 is 0 Å². The van der Waals surface area contributed by atoms with E-state index in [2.05, 4.69) is 45.0 Å². The SMILES string of the molecule is CCCCCCCCCCCCCCc1ccccc1C(C)(C)N.O. The van der Waals surface area contributed by atoms with Crippen molar-refractivity contribution in [2.45, 2.75) is 110 Å². The number of hydrogen-bond acceptors (Lipinski definition) is 1. The van der Waals surface area contributed by atoms with Gasteiger partial charge in [0.2, 0.25) is 0 Å². The standard InChI is InChI=1S/C23H41N.H2O/c1-4-5-6-7-8-9-10-11-12-13-14-15-18-21-19-16-17-20-22(21)23(2,3)24;/h16-17,19-20H,4-15,18,24H2,1-3H3;1H2. The fourth-order valence-electron chi connectivity index (χ4n) is 3.52. The second kappa shape index (κ2) is 14.3. The van der Waals surface area contributed by atoms with Crippen molar-refractivity contribution in [3.8, 4) is 0 Å². The first-order chi connectivity index (χ1) is 11.6. The molecule has 0 saturated carbocycles. The Morgan fingerprint density at radius 2 is 1.16 bits per heavy atom. The Bertz CT molecular complexity index is 422. The molecule has 146 valence electrons. The van der Waals surface area contributed by atoms with Gasteiger partial charge in [-0.15, -0.1) is 0 Å². The number of unbranched alkanes of at least 4 members (excludes halogenated alkanes) is 11. The van der Waals surface area contributed by atoms with Crippen LogP contribution >= 0.6 is 0 Å². The normalized spacial score (nSPS) is 11.4. The molecular formula is C23H43NO. The van der Waals surface area contributed by atoms with Gasteiger partial charge in [-0.2, -0.15) is 0 Å². The fourth-order valence-corrected chi connectivity index (χ4v) is 3.52. The Labute approximate surface area is 156 Å². The van der Waals surface area contributed by atoms with Crippen molar-refractivity contribution in [1.29, 1.82) is 0 Å². The average molecular weight is 350 g/mol. The summed E-state index contributed by atoms with van der Waals surface area (Å²) in [6.45, 7) is 6.50. The van der Waals surface area contributed by atoms with Gasteiger partial charge in [0.25, 0.3) is 0 Å². The Morgan fingerprint density at radius 3 is 1.64 bits per heavy atom. The highest BCUT2D eigenvalue weighted by molar-refractivity contribution is 5.32. The highest BCUT2D eigenvalue weighted by atomic mass is 16.0. The molecule has 0 spiro atoms. The molecule has 0 aliphatic heterocycles. The van der Waals surface area contributed by atoms with Crippen LogP contribution in [0, 0.1) is 0 Å². The summed E-state index contributed by atoms with van der Waals surface area (Å²) in [5.74, 6) is 0. The van der Waals surface area contributed by atoms with E-state index in [1.165, 1.54) is 94.6 Å². The first-order valence-electron chi connectivity index (χ1n) is 10.4. The van der Waals surface area contributed by atoms with Gasteiger partial charge in [-0.25, -0.2) is 0 Å². The van der Waals surface area contributed by atoms with Crippen LogP contribution in [0.15, 0.2) is 24.3 Å². The van der Waals surface area contributed by atoms with E-state index in [1.54, 1.807) is 0 Å². The van der Waals surface area contributed by atoms with Crippen LogP contribution in [-0.4, -0.2) is 5.48 Å². The lowest BCUT2D eigenvalue weighted by Crippen LogP contribution is -2.30. The molecule has 0 aromatic heterocycles. The van der Waals surface area contributed by atoms with Gasteiger partial charge in [0.15, 0.2) is 0 Å². The van der Waals surface area contributed by atoms with Gasteiger partial charge in [0, 0.05) is 5.54 Å². The van der Waals surface area contributed by atoms with Crippen LogP contribution < -0.4 is 5.73 Å². The van der Waals surface area contributed by atoms with Crippen LogP contribution in [0.25, 0.3) is 0 Å². The minimum atomic E-state index is -0.228. The highest BCUT2D eigenvalue weighted by Crippen LogP contribution is 2.23. The molecule has 0 unspecified atom stereocenters. The van der Waals surface area contributed by atoms with Gasteiger partial charge < -0.3 is 11.2 Å². The number of nitrogens with two attached hydrogens (primary N) is 1. The van der Waals surface area contributed by atoms with E-state index in [4.69, 9.17) is 5.73 Å². The number of benzene rings is 1. The molecule has 0 heterocycles. The summed E-state index contributed by atoms with van der Waals surface area (Å²) >= 11 is 0. The molecular weight excluding hydrogens is 306 g/mol. The molecule has 0 bridgehead atoms. The van der Waals surface area contributed by atoms with E-state index in [0.717, 1.165) is 0 Å². The third-order valence-corrected chi connectivity index (χ3v) is 5.01. The van der Waals surface area contributed by atoms with E-state index in [-0.39, 0.29) is 11.0 Å². The first kappa shape index (κ1) is 24.1. The minimum Gasteiger partial charge on any atom is -0.412 e. The van der Waals surface area contributed by atoms with E-state index < -0.39 is 0 Å². The summed E-state index contributed by atoms with van der Waals surface area (Å²) in [4.78, 5) is 0. The Kier molecular flexibility index (Phi) is 13.8. The van der Waals surface area contributed by atoms with Crippen LogP contribution in [0.1, 0.15) is 109 Å². The smallest absolute Gasteiger partial charge is 0.0355 e. The lowest BCUT2D eigenvalue weighted by molar-refractivity contribution is 0.535. The molecule has 0 saturated heterocycles. The van der Waals surface area contributed by atoms with Crippen LogP contribution in [0.2, 0.25) is 0 Å². The Hall–Kier alpha value is -0.860. The van der Waals surface area contributed by atoms with E-state index >= 15 is 0 Å². The van der Waals surface area contributed by atoms with Gasteiger partial charge >= 0.3 is 0 Å². The summed E-state index contributed by atoms with van der Waals surface area (Å²) in [5, 5.41) is 0. The lowest BCUT2D eigenvalue weighted by Gasteiger charge is -2.23. The first-order valence-corrected chi connectivity index (χ1v) is 10.4. The summed E-state index contributed by atoms with van der Waals surface area (Å²) < 4.78 is 0. The summed E-state index contributed by atoms with van der Waals surface area (Å²) in [6.07, 6.45) is 18.1. The van der Waals surface area contributed by atoms with Gasteiger partial charge in [-0.1, -0.05) is 102 Å². The van der Waals surface area contributed by atoms with Crippen LogP contribution in [0.3, 0.4) is 0 Å². The predicted octanol–water partition coefficient (Wildman–Crippen LogP) is 6.30. The maximum Gasteiger partial charge on any atom is 0.0355 e. The second-order valence-corrected chi connectivity index (χ2v) is 8.02. The van der Waals surface area contributed by atoms with Crippen LogP contribution in [0.5, 0.6) is 0 Å². The minimum absolute atomic E-state index is 0. The molecule has 1 rings (SSSR count). The lowest BCUT2D eigenvalue weighted by atomic mass is 9.89. The van der Waals surface area contributed by atoms with Crippen molar-refractivity contribution in [2.75, 3.05) is 0 Å². The molecule has 2 heteroatoms. The van der Waals surface area contributed by atoms with E-state index in [9.17, 15) is 0 Å². The molecule has 25 heavy (non-hydrogen) atoms. The molecule has 2 nitrogen and oxygen atoms in total. The van der Waals surface area contributed by atoms with Crippen molar-refractivity contribution in [3.05, 3.63) is 35.4 Å². The fraction of sp³-hybridized carbons (Fsp3) is 0.739. The molecule has 0 radical (unpaired) electrons. The zero-order valence-corrected chi connectivity index (χ0v) is 17.1.